The molecule has 4 rings (SSSR count). The Morgan fingerprint density at radius 2 is 1.83 bits per heavy atom. The van der Waals surface area contributed by atoms with E-state index in [4.69, 9.17) is 0 Å². The SMILES string of the molecule is Cc1ccc(-c2cc(C(F)F)n3ncc(C(=O)Nc4c(C)nn(C)c4C)c3n2)cc1. The highest BCUT2D eigenvalue weighted by atomic mass is 19.3. The summed E-state index contributed by atoms with van der Waals surface area (Å²) in [5.41, 5.74) is 3.92. The largest absolute Gasteiger partial charge is 0.319 e. The quantitative estimate of drug-likeness (QED) is 0.546. The summed E-state index contributed by atoms with van der Waals surface area (Å²) < 4.78 is 30.1. The van der Waals surface area contributed by atoms with Crippen LogP contribution in [0, 0.1) is 20.8 Å². The Morgan fingerprint density at radius 1 is 1.13 bits per heavy atom. The van der Waals surface area contributed by atoms with Gasteiger partial charge in [-0.15, -0.1) is 0 Å². The lowest BCUT2D eigenvalue weighted by Gasteiger charge is -2.09. The molecule has 0 atom stereocenters. The molecule has 3 heterocycles. The van der Waals surface area contributed by atoms with E-state index >= 15 is 0 Å². The van der Waals surface area contributed by atoms with Gasteiger partial charge in [-0.25, -0.2) is 18.3 Å². The van der Waals surface area contributed by atoms with Crippen molar-refractivity contribution < 1.29 is 13.6 Å². The lowest BCUT2D eigenvalue weighted by Crippen LogP contribution is -2.14. The van der Waals surface area contributed by atoms with Gasteiger partial charge in [-0.2, -0.15) is 10.2 Å². The highest BCUT2D eigenvalue weighted by Crippen LogP contribution is 2.27. The Labute approximate surface area is 171 Å². The Bertz CT molecular complexity index is 1260. The molecule has 0 saturated heterocycles. The van der Waals surface area contributed by atoms with Gasteiger partial charge in [0.25, 0.3) is 12.3 Å². The first-order valence-corrected chi connectivity index (χ1v) is 9.31. The summed E-state index contributed by atoms with van der Waals surface area (Å²) in [5, 5.41) is 11.1. The summed E-state index contributed by atoms with van der Waals surface area (Å²) in [6.07, 6.45) is -1.53. The Morgan fingerprint density at radius 3 is 2.43 bits per heavy atom. The number of nitrogens with zero attached hydrogens (tertiary/aromatic N) is 5. The van der Waals surface area contributed by atoms with Crippen molar-refractivity contribution >= 4 is 17.2 Å². The zero-order valence-electron chi connectivity index (χ0n) is 16.9. The molecule has 0 spiro atoms. The fourth-order valence-electron chi connectivity index (χ4n) is 3.31. The van der Waals surface area contributed by atoms with E-state index in [0.29, 0.717) is 22.6 Å². The molecule has 0 unspecified atom stereocenters. The number of anilines is 1. The van der Waals surface area contributed by atoms with Crippen LogP contribution in [0.1, 0.15) is 39.4 Å². The molecule has 9 heteroatoms. The van der Waals surface area contributed by atoms with Crippen LogP contribution in [-0.2, 0) is 7.05 Å². The number of halogens is 2. The maximum absolute atomic E-state index is 13.7. The van der Waals surface area contributed by atoms with Gasteiger partial charge in [0, 0.05) is 12.6 Å². The number of benzene rings is 1. The third-order valence-electron chi connectivity index (χ3n) is 5.06. The van der Waals surface area contributed by atoms with Crippen molar-refractivity contribution in [1.29, 1.82) is 0 Å². The summed E-state index contributed by atoms with van der Waals surface area (Å²) in [6, 6.07) is 8.67. The number of aryl methyl sites for hydroxylation is 3. The van der Waals surface area contributed by atoms with E-state index in [-0.39, 0.29) is 16.9 Å². The number of carbonyl (C=O) groups excluding carboxylic acids is 1. The Kier molecular flexibility index (Phi) is 4.81. The van der Waals surface area contributed by atoms with Crippen LogP contribution in [0.15, 0.2) is 36.5 Å². The van der Waals surface area contributed by atoms with Gasteiger partial charge in [-0.1, -0.05) is 29.8 Å². The second-order valence-electron chi connectivity index (χ2n) is 7.15. The van der Waals surface area contributed by atoms with Crippen molar-refractivity contribution in [2.45, 2.75) is 27.2 Å². The molecule has 4 aromatic rings. The molecule has 1 amide bonds. The number of fused-ring (bicyclic) bond motifs is 1. The molecule has 0 bridgehead atoms. The van der Waals surface area contributed by atoms with Crippen molar-refractivity contribution in [3.8, 4) is 11.3 Å². The third kappa shape index (κ3) is 3.32. The molecule has 1 aromatic carbocycles. The summed E-state index contributed by atoms with van der Waals surface area (Å²) in [5.74, 6) is -0.488. The summed E-state index contributed by atoms with van der Waals surface area (Å²) in [7, 11) is 1.78. The fraction of sp³-hybridized carbons (Fsp3) is 0.238. The van der Waals surface area contributed by atoms with Gasteiger partial charge >= 0.3 is 0 Å². The second-order valence-corrected chi connectivity index (χ2v) is 7.15. The first kappa shape index (κ1) is 19.7. The number of amides is 1. The van der Waals surface area contributed by atoms with Gasteiger partial charge < -0.3 is 5.32 Å². The average molecular weight is 410 g/mol. The smallest absolute Gasteiger partial charge is 0.280 e. The molecular weight excluding hydrogens is 390 g/mol. The molecule has 7 nitrogen and oxygen atoms in total. The molecule has 0 aliphatic carbocycles. The first-order valence-electron chi connectivity index (χ1n) is 9.31. The lowest BCUT2D eigenvalue weighted by atomic mass is 10.1. The predicted molar refractivity (Wildman–Crippen MR) is 109 cm³/mol. The van der Waals surface area contributed by atoms with Gasteiger partial charge in [0.1, 0.15) is 11.3 Å². The van der Waals surface area contributed by atoms with Crippen LogP contribution in [0.25, 0.3) is 16.9 Å². The highest BCUT2D eigenvalue weighted by Gasteiger charge is 2.23. The normalized spacial score (nSPS) is 11.4. The average Bonchev–Trinajstić information content (AvgIpc) is 3.24. The molecule has 0 fully saturated rings. The standard InChI is InChI=1S/C21H20F2N6O/c1-11-5-7-14(8-6-11)16-9-17(19(22)23)29-20(25-16)15(10-24-29)21(30)26-18-12(2)27-28(4)13(18)3/h5-10,19H,1-4H3,(H,26,30). The molecule has 0 radical (unpaired) electrons. The zero-order chi connectivity index (χ0) is 21.6. The molecule has 0 saturated carbocycles. The number of hydrogen-bond acceptors (Lipinski definition) is 4. The van der Waals surface area contributed by atoms with Gasteiger partial charge in [-0.05, 0) is 26.8 Å². The minimum Gasteiger partial charge on any atom is -0.319 e. The topological polar surface area (TPSA) is 77.1 Å². The van der Waals surface area contributed by atoms with E-state index in [1.807, 2.05) is 38.1 Å². The summed E-state index contributed by atoms with van der Waals surface area (Å²) in [6.45, 7) is 5.54. The fourth-order valence-corrected chi connectivity index (χ4v) is 3.31. The van der Waals surface area contributed by atoms with Gasteiger partial charge in [0.2, 0.25) is 0 Å². The van der Waals surface area contributed by atoms with Gasteiger partial charge in [0.05, 0.1) is 29.0 Å². The maximum Gasteiger partial charge on any atom is 0.280 e. The molecule has 1 N–H and O–H groups in total. The lowest BCUT2D eigenvalue weighted by molar-refractivity contribution is 0.102. The van der Waals surface area contributed by atoms with Crippen LogP contribution in [0.3, 0.4) is 0 Å². The second kappa shape index (κ2) is 7.33. The monoisotopic (exact) mass is 410 g/mol. The van der Waals surface area contributed by atoms with Crippen LogP contribution in [0.5, 0.6) is 0 Å². The van der Waals surface area contributed by atoms with E-state index in [1.165, 1.54) is 12.3 Å². The number of hydrogen-bond donors (Lipinski definition) is 1. The minimum absolute atomic E-state index is 0.0695. The van der Waals surface area contributed by atoms with Crippen molar-refractivity contribution in [1.82, 2.24) is 24.4 Å². The molecule has 30 heavy (non-hydrogen) atoms. The van der Waals surface area contributed by atoms with Crippen LogP contribution < -0.4 is 5.32 Å². The zero-order valence-corrected chi connectivity index (χ0v) is 16.9. The molecule has 0 aliphatic rings. The number of alkyl halides is 2. The number of nitrogens with one attached hydrogen (secondary N) is 1. The van der Waals surface area contributed by atoms with Crippen molar-refractivity contribution in [3.05, 3.63) is 64.7 Å². The van der Waals surface area contributed by atoms with Gasteiger partial charge in [-0.3, -0.25) is 9.48 Å². The predicted octanol–water partition coefficient (Wildman–Crippen LogP) is 4.24. The summed E-state index contributed by atoms with van der Waals surface area (Å²) in [4.78, 5) is 17.4. The van der Waals surface area contributed by atoms with E-state index in [0.717, 1.165) is 15.8 Å². The molecule has 3 aromatic heterocycles. The van der Waals surface area contributed by atoms with E-state index in [2.05, 4.69) is 20.5 Å². The van der Waals surface area contributed by atoms with E-state index in [1.54, 1.807) is 18.7 Å². The molecule has 0 aliphatic heterocycles. The number of aromatic nitrogens is 5. The minimum atomic E-state index is -2.78. The van der Waals surface area contributed by atoms with Crippen molar-refractivity contribution in [3.63, 3.8) is 0 Å². The van der Waals surface area contributed by atoms with Crippen molar-refractivity contribution in [2.75, 3.05) is 5.32 Å². The third-order valence-corrected chi connectivity index (χ3v) is 5.06. The molecule has 154 valence electrons. The van der Waals surface area contributed by atoms with Crippen LogP contribution >= 0.6 is 0 Å². The summed E-state index contributed by atoms with van der Waals surface area (Å²) >= 11 is 0. The van der Waals surface area contributed by atoms with Crippen LogP contribution in [0.4, 0.5) is 14.5 Å². The number of rotatable bonds is 4. The van der Waals surface area contributed by atoms with Crippen LogP contribution in [0.2, 0.25) is 0 Å². The van der Waals surface area contributed by atoms with E-state index < -0.39 is 12.3 Å². The first-order chi connectivity index (χ1) is 14.3. The van der Waals surface area contributed by atoms with E-state index in [9.17, 15) is 13.6 Å². The van der Waals surface area contributed by atoms with Crippen molar-refractivity contribution in [2.24, 2.45) is 7.05 Å². The number of carbonyl (C=O) groups is 1. The van der Waals surface area contributed by atoms with Crippen LogP contribution in [-0.4, -0.2) is 30.3 Å². The maximum atomic E-state index is 13.7. The molecular formula is C21H20F2N6O. The Balaban J connectivity index is 1.82. The highest BCUT2D eigenvalue weighted by molar-refractivity contribution is 6.08. The van der Waals surface area contributed by atoms with Gasteiger partial charge in [0.15, 0.2) is 5.65 Å². The Hall–Kier alpha value is -3.62.